The number of rotatable bonds is 7. The van der Waals surface area contributed by atoms with Gasteiger partial charge in [0.05, 0.1) is 0 Å². The molecule has 15 heavy (non-hydrogen) atoms. The van der Waals surface area contributed by atoms with Crippen LogP contribution in [0.25, 0.3) is 0 Å². The Morgan fingerprint density at radius 3 is 1.20 bits per heavy atom. The fraction of sp³-hybridized carbons (Fsp3) is 1.00. The van der Waals surface area contributed by atoms with Gasteiger partial charge in [0, 0.05) is 0 Å². The Bertz CT molecular complexity index is 152. The van der Waals surface area contributed by atoms with E-state index in [-0.39, 0.29) is 0 Å². The molecule has 0 unspecified atom stereocenters. The van der Waals surface area contributed by atoms with Gasteiger partial charge in [0.2, 0.25) is 0 Å². The maximum atomic E-state index is 3.22. The summed E-state index contributed by atoms with van der Waals surface area (Å²) >= 11 is 0. The van der Waals surface area contributed by atoms with Gasteiger partial charge in [-0.2, -0.15) is 0 Å². The summed E-state index contributed by atoms with van der Waals surface area (Å²) in [4.78, 5) is 0. The van der Waals surface area contributed by atoms with E-state index >= 15 is 0 Å². The first-order valence-electron chi connectivity index (χ1n) is 5.24. The van der Waals surface area contributed by atoms with E-state index in [1.807, 2.05) is 21.1 Å². The molecule has 3 N–H and O–H groups in total. The Morgan fingerprint density at radius 1 is 0.800 bits per heavy atom. The van der Waals surface area contributed by atoms with E-state index in [0.29, 0.717) is 0 Å². The van der Waals surface area contributed by atoms with E-state index in [9.17, 15) is 0 Å². The van der Waals surface area contributed by atoms with Gasteiger partial charge in [-0.3, -0.25) is 16.3 Å². The molecule has 0 aliphatic heterocycles. The number of hydrogen-bond donors (Lipinski definition) is 3. The van der Waals surface area contributed by atoms with Crippen molar-refractivity contribution in [3.8, 4) is 0 Å². The average molecular weight is 234 g/mol. The lowest BCUT2D eigenvalue weighted by Gasteiger charge is -2.48. The molecule has 0 aromatic heterocycles. The van der Waals surface area contributed by atoms with Crippen LogP contribution >= 0.6 is 0 Å². The van der Waals surface area contributed by atoms with Gasteiger partial charge in [-0.15, -0.1) is 0 Å². The first kappa shape index (κ1) is 15.0. The molecule has 0 saturated heterocycles. The van der Waals surface area contributed by atoms with E-state index in [4.69, 9.17) is 0 Å². The van der Waals surface area contributed by atoms with Gasteiger partial charge in [0.25, 0.3) is 0 Å². The van der Waals surface area contributed by atoms with Crippen LogP contribution < -0.4 is 16.3 Å². The van der Waals surface area contributed by atoms with Crippen LogP contribution in [-0.2, 0) is 0 Å². The second kappa shape index (κ2) is 6.54. The van der Waals surface area contributed by atoms with E-state index in [1.165, 1.54) is 0 Å². The van der Waals surface area contributed by atoms with Gasteiger partial charge in [-0.1, -0.05) is 6.92 Å². The van der Waals surface area contributed by atoms with Gasteiger partial charge in [-0.05, 0) is 48.3 Å². The summed E-state index contributed by atoms with van der Waals surface area (Å²) in [6.07, 6.45) is 0. The van der Waals surface area contributed by atoms with Crippen molar-refractivity contribution >= 4 is 8.56 Å². The van der Waals surface area contributed by atoms with Gasteiger partial charge in [0.1, 0.15) is 0 Å². The standard InChI is InChI=1S/C8H26N6Si/c1-8-15(12(5)9-2,13(6)10-3)14(7)11-4/h9-11H,8H2,1-7H3. The first-order chi connectivity index (χ1) is 7.00. The zero-order valence-corrected chi connectivity index (χ0v) is 12.0. The van der Waals surface area contributed by atoms with Crippen molar-refractivity contribution in [2.24, 2.45) is 0 Å². The summed E-state index contributed by atoms with van der Waals surface area (Å²) in [5, 5.41) is 0. The molecule has 92 valence electrons. The lowest BCUT2D eigenvalue weighted by Crippen LogP contribution is -2.78. The highest BCUT2D eigenvalue weighted by atomic mass is 28.4. The predicted octanol–water partition coefficient (Wildman–Crippen LogP) is -0.856. The molecule has 0 amide bonds. The molecule has 7 heteroatoms. The smallest absolute Gasteiger partial charge is 0.263 e. The van der Waals surface area contributed by atoms with Crippen LogP contribution in [0.1, 0.15) is 6.92 Å². The fourth-order valence-electron chi connectivity index (χ4n) is 1.92. The van der Waals surface area contributed by atoms with Crippen molar-refractivity contribution < 1.29 is 0 Å². The minimum atomic E-state index is -1.91. The highest BCUT2D eigenvalue weighted by molar-refractivity contribution is 6.71. The van der Waals surface area contributed by atoms with Crippen molar-refractivity contribution in [2.45, 2.75) is 13.0 Å². The van der Waals surface area contributed by atoms with Crippen LogP contribution in [0.15, 0.2) is 0 Å². The summed E-state index contributed by atoms with van der Waals surface area (Å²) < 4.78 is 6.58. The van der Waals surface area contributed by atoms with Crippen LogP contribution in [0.3, 0.4) is 0 Å². The maximum Gasteiger partial charge on any atom is 0.329 e. The molecule has 0 rings (SSSR count). The van der Waals surface area contributed by atoms with E-state index in [0.717, 1.165) is 6.04 Å². The highest BCUT2D eigenvalue weighted by Crippen LogP contribution is 2.16. The Hall–Kier alpha value is -0.0231. The van der Waals surface area contributed by atoms with Crippen molar-refractivity contribution in [1.82, 2.24) is 30.3 Å². The second-order valence-electron chi connectivity index (χ2n) is 3.48. The van der Waals surface area contributed by atoms with Crippen LogP contribution in [0, 0.1) is 0 Å². The third-order valence-electron chi connectivity index (χ3n) is 3.09. The molecule has 0 heterocycles. The third kappa shape index (κ3) is 2.75. The molecule has 0 radical (unpaired) electrons. The molecular weight excluding hydrogens is 208 g/mol. The van der Waals surface area contributed by atoms with Gasteiger partial charge in [0.15, 0.2) is 0 Å². The molecule has 0 atom stereocenters. The first-order valence-corrected chi connectivity index (χ1v) is 7.29. The van der Waals surface area contributed by atoms with Crippen molar-refractivity contribution in [3.63, 3.8) is 0 Å². The quantitative estimate of drug-likeness (QED) is 0.394. The molecule has 0 bridgehead atoms. The van der Waals surface area contributed by atoms with Gasteiger partial charge < -0.3 is 0 Å². The monoisotopic (exact) mass is 234 g/mol. The third-order valence-corrected chi connectivity index (χ3v) is 7.93. The number of hydrogen-bond acceptors (Lipinski definition) is 6. The molecule has 0 aliphatic carbocycles. The molecule has 0 aromatic rings. The van der Waals surface area contributed by atoms with E-state index in [1.54, 1.807) is 0 Å². The predicted molar refractivity (Wildman–Crippen MR) is 66.7 cm³/mol. The summed E-state index contributed by atoms with van der Waals surface area (Å²) in [6.45, 7) is 2.21. The zero-order valence-electron chi connectivity index (χ0n) is 11.0. The fourth-order valence-corrected chi connectivity index (χ4v) is 5.77. The highest BCUT2D eigenvalue weighted by Gasteiger charge is 2.45. The molecule has 0 fully saturated rings. The normalized spacial score (nSPS) is 13.2. The zero-order chi connectivity index (χ0) is 12.1. The van der Waals surface area contributed by atoms with E-state index in [2.05, 4.69) is 58.4 Å². The topological polar surface area (TPSA) is 45.8 Å². The summed E-state index contributed by atoms with van der Waals surface area (Å²) in [5.74, 6) is 0. The number of nitrogens with one attached hydrogen (secondary N) is 3. The summed E-state index contributed by atoms with van der Waals surface area (Å²) in [7, 11) is 10.2. The maximum absolute atomic E-state index is 3.22. The minimum Gasteiger partial charge on any atom is -0.263 e. The molecule has 6 nitrogen and oxygen atoms in total. The van der Waals surface area contributed by atoms with Crippen LogP contribution in [0.5, 0.6) is 0 Å². The number of hydrazine groups is 3. The molecule has 0 saturated carbocycles. The van der Waals surface area contributed by atoms with Crippen LogP contribution in [0.4, 0.5) is 0 Å². The lowest BCUT2D eigenvalue weighted by molar-refractivity contribution is 0.214. The summed E-state index contributed by atoms with van der Waals surface area (Å²) in [5.41, 5.74) is 9.66. The minimum absolute atomic E-state index is 1.07. The molecule has 0 aliphatic rings. The number of nitrogens with zero attached hydrogens (tertiary/aromatic N) is 3. The lowest BCUT2D eigenvalue weighted by atomic mass is 11.0. The Kier molecular flexibility index (Phi) is 6.53. The van der Waals surface area contributed by atoms with Crippen molar-refractivity contribution in [2.75, 3.05) is 42.3 Å². The van der Waals surface area contributed by atoms with Crippen LogP contribution in [0.2, 0.25) is 6.04 Å². The molecular formula is C8H26N6Si. The van der Waals surface area contributed by atoms with Crippen molar-refractivity contribution in [1.29, 1.82) is 0 Å². The van der Waals surface area contributed by atoms with Crippen molar-refractivity contribution in [3.05, 3.63) is 0 Å². The molecule has 0 aromatic carbocycles. The second-order valence-corrected chi connectivity index (χ2v) is 7.74. The summed E-state index contributed by atoms with van der Waals surface area (Å²) in [6, 6.07) is 1.07. The van der Waals surface area contributed by atoms with E-state index < -0.39 is 8.56 Å². The largest absolute Gasteiger partial charge is 0.329 e. The average Bonchev–Trinajstić information content (AvgIpc) is 2.29. The van der Waals surface area contributed by atoms with Gasteiger partial charge in [-0.25, -0.2) is 14.0 Å². The van der Waals surface area contributed by atoms with Crippen LogP contribution in [-0.4, -0.2) is 64.9 Å². The SMILES string of the molecule is CC[Si](N(C)NC)(N(C)NC)N(C)NC. The Labute approximate surface area is 94.8 Å². The Balaban J connectivity index is 5.09. The van der Waals surface area contributed by atoms with Gasteiger partial charge >= 0.3 is 8.56 Å². The molecule has 0 spiro atoms. The Morgan fingerprint density at radius 2 is 1.07 bits per heavy atom.